The van der Waals surface area contributed by atoms with Crippen molar-refractivity contribution in [3.8, 4) is 5.75 Å². The van der Waals surface area contributed by atoms with Crippen LogP contribution in [0.2, 0.25) is 0 Å². The summed E-state index contributed by atoms with van der Waals surface area (Å²) in [6.45, 7) is 3.69. The van der Waals surface area contributed by atoms with Gasteiger partial charge in [0.25, 0.3) is 0 Å². The van der Waals surface area contributed by atoms with E-state index in [0.29, 0.717) is 17.8 Å². The molecule has 2 aliphatic heterocycles. The highest BCUT2D eigenvalue weighted by molar-refractivity contribution is 9.10. The van der Waals surface area contributed by atoms with E-state index in [9.17, 15) is 0 Å². The third-order valence-corrected chi connectivity index (χ3v) is 7.46. The number of para-hydroxylation sites is 1. The molecule has 9 nitrogen and oxygen atoms in total. The highest BCUT2D eigenvalue weighted by atomic mass is 79.9. The molecule has 0 spiro atoms. The Morgan fingerprint density at radius 2 is 1.80 bits per heavy atom. The fraction of sp³-hybridized carbons (Fsp3) is 0.292. The lowest BCUT2D eigenvalue weighted by atomic mass is 10.2. The van der Waals surface area contributed by atoms with Crippen LogP contribution in [0, 0.1) is 0 Å². The van der Waals surface area contributed by atoms with Crippen molar-refractivity contribution in [3.05, 3.63) is 64.8 Å². The van der Waals surface area contributed by atoms with Crippen molar-refractivity contribution in [1.29, 1.82) is 0 Å². The van der Waals surface area contributed by atoms with Crippen LogP contribution in [-0.4, -0.2) is 65.7 Å². The number of anilines is 4. The highest BCUT2D eigenvalue weighted by Gasteiger charge is 2.23. The Balaban J connectivity index is 1.33. The zero-order valence-electron chi connectivity index (χ0n) is 19.5. The number of thioether (sulfide) groups is 1. The van der Waals surface area contributed by atoms with Gasteiger partial charge in [-0.25, -0.2) is 0 Å². The third-order valence-electron chi connectivity index (χ3n) is 5.75. The SMILES string of the molecule is COc1ccc(C2=CNC(Nc3nc(Nc4ccccc4)nc(N4CCN(C)CC4)n3)S2)cc1Br. The first-order valence-corrected chi connectivity index (χ1v) is 13.0. The maximum absolute atomic E-state index is 5.35. The lowest BCUT2D eigenvalue weighted by Gasteiger charge is -2.32. The predicted molar refractivity (Wildman–Crippen MR) is 146 cm³/mol. The number of benzene rings is 2. The number of ether oxygens (including phenoxy) is 1. The van der Waals surface area contributed by atoms with Crippen LogP contribution in [0.1, 0.15) is 5.56 Å². The van der Waals surface area contributed by atoms with Gasteiger partial charge in [-0.05, 0) is 52.8 Å². The first-order chi connectivity index (χ1) is 17.1. The van der Waals surface area contributed by atoms with Crippen LogP contribution >= 0.6 is 27.7 Å². The average molecular weight is 556 g/mol. The summed E-state index contributed by atoms with van der Waals surface area (Å²) in [5, 5.41) is 10.1. The van der Waals surface area contributed by atoms with Gasteiger partial charge >= 0.3 is 0 Å². The van der Waals surface area contributed by atoms with Gasteiger partial charge in [-0.2, -0.15) is 15.0 Å². The van der Waals surface area contributed by atoms with E-state index in [1.165, 1.54) is 0 Å². The second kappa shape index (κ2) is 10.7. The molecule has 0 bridgehead atoms. The maximum Gasteiger partial charge on any atom is 0.233 e. The van der Waals surface area contributed by atoms with Crippen LogP contribution in [0.5, 0.6) is 5.75 Å². The topological polar surface area (TPSA) is 90.5 Å². The van der Waals surface area contributed by atoms with Crippen molar-refractivity contribution in [2.45, 2.75) is 5.50 Å². The first-order valence-electron chi connectivity index (χ1n) is 11.3. The van der Waals surface area contributed by atoms with Crippen LogP contribution in [0.25, 0.3) is 4.91 Å². The molecule has 3 heterocycles. The van der Waals surface area contributed by atoms with E-state index in [4.69, 9.17) is 14.7 Å². The van der Waals surface area contributed by atoms with Gasteiger partial charge in [0.15, 0.2) is 5.50 Å². The van der Waals surface area contributed by atoms with Crippen LogP contribution < -0.4 is 25.6 Å². The van der Waals surface area contributed by atoms with Gasteiger partial charge in [-0.1, -0.05) is 36.0 Å². The Hall–Kier alpha value is -3.02. The third kappa shape index (κ3) is 5.80. The number of hydrogen-bond donors (Lipinski definition) is 3. The first kappa shape index (κ1) is 23.7. The highest BCUT2D eigenvalue weighted by Crippen LogP contribution is 2.37. The molecule has 5 rings (SSSR count). The zero-order chi connectivity index (χ0) is 24.2. The summed E-state index contributed by atoms with van der Waals surface area (Å²) >= 11 is 5.24. The lowest BCUT2D eigenvalue weighted by Crippen LogP contribution is -2.45. The predicted octanol–water partition coefficient (Wildman–Crippen LogP) is 4.17. The number of rotatable bonds is 7. The number of likely N-dealkylation sites (N-methyl/N-ethyl adjacent to an activating group) is 1. The molecule has 1 saturated heterocycles. The van der Waals surface area contributed by atoms with Gasteiger partial charge in [0.2, 0.25) is 17.8 Å². The second-order valence-corrected chi connectivity index (χ2v) is 10.2. The Bertz CT molecular complexity index is 1200. The van der Waals surface area contributed by atoms with Crippen molar-refractivity contribution < 1.29 is 4.74 Å². The van der Waals surface area contributed by atoms with E-state index in [2.05, 4.69) is 59.8 Å². The van der Waals surface area contributed by atoms with Crippen molar-refractivity contribution >= 4 is 56.1 Å². The molecule has 1 atom stereocenters. The van der Waals surface area contributed by atoms with Crippen LogP contribution in [0.4, 0.5) is 23.5 Å². The van der Waals surface area contributed by atoms with E-state index in [1.807, 2.05) is 48.7 Å². The minimum absolute atomic E-state index is 0.113. The molecule has 3 aromatic rings. The normalized spacial score (nSPS) is 18.1. The van der Waals surface area contributed by atoms with Crippen molar-refractivity contribution in [2.75, 3.05) is 55.9 Å². The lowest BCUT2D eigenvalue weighted by molar-refractivity contribution is 0.311. The Morgan fingerprint density at radius 1 is 1.03 bits per heavy atom. The quantitative estimate of drug-likeness (QED) is 0.395. The molecule has 1 aromatic heterocycles. The largest absolute Gasteiger partial charge is 0.496 e. The summed E-state index contributed by atoms with van der Waals surface area (Å²) in [6, 6.07) is 16.0. The summed E-state index contributed by atoms with van der Waals surface area (Å²) in [5.74, 6) is 2.50. The van der Waals surface area contributed by atoms with Gasteiger partial charge in [-0.15, -0.1) is 0 Å². The van der Waals surface area contributed by atoms with Crippen molar-refractivity contribution in [2.24, 2.45) is 0 Å². The Kier molecular flexibility index (Phi) is 7.26. The van der Waals surface area contributed by atoms with Crippen LogP contribution in [0.15, 0.2) is 59.2 Å². The van der Waals surface area contributed by atoms with Crippen molar-refractivity contribution in [3.63, 3.8) is 0 Å². The minimum atomic E-state index is -0.113. The molecule has 3 N–H and O–H groups in total. The molecule has 0 amide bonds. The summed E-state index contributed by atoms with van der Waals surface area (Å²) in [6.07, 6.45) is 2.00. The molecule has 182 valence electrons. The smallest absolute Gasteiger partial charge is 0.233 e. The molecule has 35 heavy (non-hydrogen) atoms. The van der Waals surface area contributed by atoms with E-state index < -0.39 is 0 Å². The van der Waals surface area contributed by atoms with E-state index in [0.717, 1.165) is 52.6 Å². The number of hydrogen-bond acceptors (Lipinski definition) is 10. The van der Waals surface area contributed by atoms with Gasteiger partial charge in [0.1, 0.15) is 5.75 Å². The fourth-order valence-corrected chi connectivity index (χ4v) is 5.28. The molecule has 0 radical (unpaired) electrons. The van der Waals surface area contributed by atoms with Crippen LogP contribution in [-0.2, 0) is 0 Å². The maximum atomic E-state index is 5.35. The van der Waals surface area contributed by atoms with Crippen molar-refractivity contribution in [1.82, 2.24) is 25.2 Å². The monoisotopic (exact) mass is 554 g/mol. The molecular weight excluding hydrogens is 528 g/mol. The molecular formula is C24H27BrN8OS. The summed E-state index contributed by atoms with van der Waals surface area (Å²) < 4.78 is 6.27. The van der Waals surface area contributed by atoms with Crippen LogP contribution in [0.3, 0.4) is 0 Å². The zero-order valence-corrected chi connectivity index (χ0v) is 21.9. The summed E-state index contributed by atoms with van der Waals surface area (Å²) in [7, 11) is 3.80. The molecule has 0 saturated carbocycles. The van der Waals surface area contributed by atoms with E-state index >= 15 is 0 Å². The molecule has 0 aliphatic carbocycles. The standard InChI is InChI=1S/C24H27BrN8OS/c1-32-10-12-33(13-11-32)23-29-21(27-17-6-4-3-5-7-17)28-22(30-23)31-24-26-15-20(35-24)16-8-9-19(34-2)18(25)14-16/h3-9,14-15,24,26H,10-13H2,1-2H3,(H2,27,28,29,30,31). The number of nitrogens with one attached hydrogen (secondary N) is 3. The second-order valence-electron chi connectivity index (χ2n) is 8.23. The Labute approximate surface area is 217 Å². The number of nitrogens with zero attached hydrogens (tertiary/aromatic N) is 5. The molecule has 11 heteroatoms. The van der Waals surface area contributed by atoms with E-state index in [1.54, 1.807) is 18.9 Å². The van der Waals surface area contributed by atoms with Gasteiger partial charge in [0, 0.05) is 43.0 Å². The Morgan fingerprint density at radius 3 is 2.54 bits per heavy atom. The summed E-state index contributed by atoms with van der Waals surface area (Å²) in [5.41, 5.74) is 1.91. The number of halogens is 1. The molecule has 1 fully saturated rings. The molecule has 1 unspecified atom stereocenters. The summed E-state index contributed by atoms with van der Waals surface area (Å²) in [4.78, 5) is 19.8. The van der Waals surface area contributed by atoms with Gasteiger partial charge in [-0.3, -0.25) is 0 Å². The average Bonchev–Trinajstić information content (AvgIpc) is 3.33. The number of aromatic nitrogens is 3. The number of methoxy groups -OCH3 is 1. The molecule has 2 aliphatic rings. The van der Waals surface area contributed by atoms with E-state index in [-0.39, 0.29) is 5.50 Å². The number of piperazine rings is 1. The van der Waals surface area contributed by atoms with Gasteiger partial charge in [0.05, 0.1) is 11.6 Å². The van der Waals surface area contributed by atoms with Gasteiger partial charge < -0.3 is 30.5 Å². The molecule has 2 aromatic carbocycles. The minimum Gasteiger partial charge on any atom is -0.496 e. The fourth-order valence-electron chi connectivity index (χ4n) is 3.79.